The lowest BCUT2D eigenvalue weighted by molar-refractivity contribution is 1.02. The molecule has 0 amide bonds. The predicted molar refractivity (Wildman–Crippen MR) is 184 cm³/mol. The molecule has 9 rings (SSSR count). The van der Waals surface area contributed by atoms with Crippen molar-refractivity contribution < 1.29 is 0 Å². The molecule has 3 heterocycles. The fraction of sp³-hybridized carbons (Fsp3) is 0.0250. The zero-order valence-electron chi connectivity index (χ0n) is 24.6. The van der Waals surface area contributed by atoms with E-state index in [1.54, 1.807) is 0 Å². The summed E-state index contributed by atoms with van der Waals surface area (Å²) in [6.07, 6.45) is 0. The molecule has 0 radical (unpaired) electrons. The van der Waals surface area contributed by atoms with Crippen molar-refractivity contribution in [2.45, 2.75) is 0 Å². The summed E-state index contributed by atoms with van der Waals surface area (Å²) in [5.74, 6) is 1.93. The van der Waals surface area contributed by atoms with E-state index in [0.29, 0.717) is 17.5 Å². The molecule has 0 spiro atoms. The summed E-state index contributed by atoms with van der Waals surface area (Å²) in [4.78, 5) is 15.1. The van der Waals surface area contributed by atoms with E-state index in [0.717, 1.165) is 33.4 Å². The van der Waals surface area contributed by atoms with Crippen LogP contribution in [0, 0.1) is 0 Å². The highest BCUT2D eigenvalue weighted by molar-refractivity contribution is 6.25. The van der Waals surface area contributed by atoms with Crippen LogP contribution in [0.5, 0.6) is 0 Å². The summed E-state index contributed by atoms with van der Waals surface area (Å²) in [6, 6.07) is 50.5. The highest BCUT2D eigenvalue weighted by atomic mass is 15.1. The van der Waals surface area contributed by atoms with Gasteiger partial charge in [-0.3, -0.25) is 0 Å². The number of benzene rings is 6. The Morgan fingerprint density at radius 2 is 0.978 bits per heavy atom. The molecule has 0 saturated carbocycles. The van der Waals surface area contributed by atoms with Crippen LogP contribution in [0.25, 0.3) is 83.5 Å². The van der Waals surface area contributed by atoms with Gasteiger partial charge in [0.1, 0.15) is 0 Å². The van der Waals surface area contributed by atoms with E-state index in [1.807, 2.05) is 60.7 Å². The monoisotopic (exact) mass is 577 g/mol. The van der Waals surface area contributed by atoms with E-state index in [-0.39, 0.29) is 0 Å². The van der Waals surface area contributed by atoms with Gasteiger partial charge in [0.15, 0.2) is 17.5 Å². The summed E-state index contributed by atoms with van der Waals surface area (Å²) in [7, 11) is 2.17. The number of rotatable bonds is 4. The van der Waals surface area contributed by atoms with Gasteiger partial charge in [-0.25, -0.2) is 15.0 Å². The third kappa shape index (κ3) is 3.91. The largest absolute Gasteiger partial charge is 0.343 e. The molecule has 0 N–H and O–H groups in total. The fourth-order valence-electron chi connectivity index (χ4n) is 6.77. The lowest BCUT2D eigenvalue weighted by atomic mass is 10.1. The highest BCUT2D eigenvalue weighted by Crippen LogP contribution is 2.41. The first kappa shape index (κ1) is 25.4. The summed E-state index contributed by atoms with van der Waals surface area (Å²) >= 11 is 0. The van der Waals surface area contributed by atoms with Crippen molar-refractivity contribution in [3.8, 4) is 39.9 Å². The Morgan fingerprint density at radius 3 is 1.69 bits per heavy atom. The molecule has 212 valence electrons. The third-order valence-electron chi connectivity index (χ3n) is 8.79. The molecule has 0 unspecified atom stereocenters. The van der Waals surface area contributed by atoms with E-state index < -0.39 is 0 Å². The van der Waals surface area contributed by atoms with E-state index in [4.69, 9.17) is 15.0 Å². The maximum absolute atomic E-state index is 5.08. The third-order valence-corrected chi connectivity index (χ3v) is 8.79. The Hall–Kier alpha value is -6.07. The summed E-state index contributed by atoms with van der Waals surface area (Å²) in [5.41, 5.74) is 8.60. The summed E-state index contributed by atoms with van der Waals surface area (Å²) in [6.45, 7) is 0. The zero-order valence-corrected chi connectivity index (χ0v) is 24.6. The molecule has 9 aromatic rings. The fourth-order valence-corrected chi connectivity index (χ4v) is 6.77. The molecule has 0 bridgehead atoms. The lowest BCUT2D eigenvalue weighted by Gasteiger charge is -2.14. The van der Waals surface area contributed by atoms with Crippen LogP contribution >= 0.6 is 0 Å². The van der Waals surface area contributed by atoms with Gasteiger partial charge >= 0.3 is 0 Å². The highest BCUT2D eigenvalue weighted by Gasteiger charge is 2.21. The van der Waals surface area contributed by atoms with Crippen LogP contribution in [0.4, 0.5) is 0 Å². The minimum atomic E-state index is 0.634. The number of aryl methyl sites for hydroxylation is 1. The molecule has 0 fully saturated rings. The van der Waals surface area contributed by atoms with Crippen molar-refractivity contribution >= 4 is 43.6 Å². The van der Waals surface area contributed by atoms with Crippen LogP contribution in [0.3, 0.4) is 0 Å². The Morgan fingerprint density at radius 1 is 0.422 bits per heavy atom. The first-order valence-corrected chi connectivity index (χ1v) is 15.1. The van der Waals surface area contributed by atoms with Crippen molar-refractivity contribution in [3.05, 3.63) is 146 Å². The first-order chi connectivity index (χ1) is 22.3. The molecular formula is C40H27N5. The van der Waals surface area contributed by atoms with Gasteiger partial charge in [-0.2, -0.15) is 0 Å². The molecule has 0 saturated heterocycles. The Labute approximate surface area is 259 Å². The smallest absolute Gasteiger partial charge is 0.166 e. The van der Waals surface area contributed by atoms with Crippen molar-refractivity contribution in [2.75, 3.05) is 0 Å². The Kier molecular flexibility index (Phi) is 5.65. The molecule has 6 aromatic carbocycles. The van der Waals surface area contributed by atoms with Crippen molar-refractivity contribution in [3.63, 3.8) is 0 Å². The number of para-hydroxylation sites is 3. The van der Waals surface area contributed by atoms with Gasteiger partial charge in [-0.15, -0.1) is 0 Å². The van der Waals surface area contributed by atoms with E-state index in [9.17, 15) is 0 Å². The average molecular weight is 578 g/mol. The van der Waals surface area contributed by atoms with Gasteiger partial charge in [0.2, 0.25) is 0 Å². The van der Waals surface area contributed by atoms with E-state index in [2.05, 4.69) is 101 Å². The molecule has 0 atom stereocenters. The van der Waals surface area contributed by atoms with Crippen LogP contribution in [-0.4, -0.2) is 24.1 Å². The molecule has 3 aromatic heterocycles. The van der Waals surface area contributed by atoms with Crippen LogP contribution in [0.15, 0.2) is 146 Å². The van der Waals surface area contributed by atoms with Crippen molar-refractivity contribution in [1.82, 2.24) is 24.1 Å². The second-order valence-electron chi connectivity index (χ2n) is 11.3. The van der Waals surface area contributed by atoms with Gasteiger partial charge in [-0.1, -0.05) is 115 Å². The predicted octanol–water partition coefficient (Wildman–Crippen LogP) is 9.61. The quantitative estimate of drug-likeness (QED) is 0.209. The number of hydrogen-bond donors (Lipinski definition) is 0. The van der Waals surface area contributed by atoms with Gasteiger partial charge in [0, 0.05) is 50.8 Å². The van der Waals surface area contributed by atoms with Crippen LogP contribution in [0.2, 0.25) is 0 Å². The maximum Gasteiger partial charge on any atom is 0.166 e. The Balaban J connectivity index is 1.36. The van der Waals surface area contributed by atoms with Crippen LogP contribution < -0.4 is 0 Å². The minimum absolute atomic E-state index is 0.634. The van der Waals surface area contributed by atoms with E-state index >= 15 is 0 Å². The van der Waals surface area contributed by atoms with Gasteiger partial charge in [0.25, 0.3) is 0 Å². The zero-order chi connectivity index (χ0) is 29.9. The number of aromatic nitrogens is 5. The number of fused-ring (bicyclic) bond motifs is 7. The Bertz CT molecular complexity index is 2490. The molecule has 45 heavy (non-hydrogen) atoms. The van der Waals surface area contributed by atoms with Gasteiger partial charge < -0.3 is 9.13 Å². The first-order valence-electron chi connectivity index (χ1n) is 15.1. The second kappa shape index (κ2) is 10.00. The van der Waals surface area contributed by atoms with Crippen molar-refractivity contribution in [2.24, 2.45) is 7.05 Å². The summed E-state index contributed by atoms with van der Waals surface area (Å²) in [5, 5.41) is 4.97. The number of nitrogens with zero attached hydrogens (tertiary/aromatic N) is 5. The van der Waals surface area contributed by atoms with Crippen LogP contribution in [-0.2, 0) is 7.05 Å². The van der Waals surface area contributed by atoms with Crippen LogP contribution in [0.1, 0.15) is 0 Å². The number of hydrogen-bond acceptors (Lipinski definition) is 3. The topological polar surface area (TPSA) is 48.5 Å². The van der Waals surface area contributed by atoms with E-state index in [1.165, 1.54) is 32.6 Å². The molecule has 0 aliphatic carbocycles. The molecule has 0 aliphatic rings. The van der Waals surface area contributed by atoms with Gasteiger partial charge in [-0.05, 0) is 30.3 Å². The molecule has 5 heteroatoms. The average Bonchev–Trinajstić information content (AvgIpc) is 3.60. The lowest BCUT2D eigenvalue weighted by Crippen LogP contribution is -2.03. The van der Waals surface area contributed by atoms with Gasteiger partial charge in [0.05, 0.1) is 22.2 Å². The second-order valence-corrected chi connectivity index (χ2v) is 11.3. The standard InChI is InChI=1S/C40H27N5/c1-44-32-21-11-8-18-28(32)29-24-25-35-36(37(29)44)30-19-9-12-22-33(30)45(35)34-23-13-10-20-31(34)40-42-38(26-14-4-2-5-15-26)41-39(43-40)27-16-6-3-7-17-27/h2-25H,1H3. The molecule has 5 nitrogen and oxygen atoms in total. The summed E-state index contributed by atoms with van der Waals surface area (Å²) < 4.78 is 4.70. The van der Waals surface area contributed by atoms with Crippen molar-refractivity contribution in [1.29, 1.82) is 0 Å². The normalized spacial score (nSPS) is 11.7. The minimum Gasteiger partial charge on any atom is -0.343 e. The maximum atomic E-state index is 5.08. The molecular weight excluding hydrogens is 550 g/mol. The molecule has 0 aliphatic heterocycles. The SMILES string of the molecule is Cn1c2ccccc2c2ccc3c(c4ccccc4n3-c3ccccc3-c3nc(-c4ccccc4)nc(-c4ccccc4)n3)c21.